The molecular weight excluding hydrogens is 172 g/mol. The highest BCUT2D eigenvalue weighted by Gasteiger charge is 2.06. The molecule has 0 aromatic heterocycles. The van der Waals surface area contributed by atoms with Gasteiger partial charge in [0.1, 0.15) is 5.78 Å². The number of hydrogen-bond donors (Lipinski definition) is 0. The van der Waals surface area contributed by atoms with E-state index < -0.39 is 0 Å². The number of carbonyl (C=O) groups is 1. The fraction of sp³-hybridized carbons (Fsp3) is 0.462. The van der Waals surface area contributed by atoms with Crippen molar-refractivity contribution in [3.05, 3.63) is 35.9 Å². The van der Waals surface area contributed by atoms with Crippen molar-refractivity contribution in [3.8, 4) is 0 Å². The first-order chi connectivity index (χ1) is 6.74. The van der Waals surface area contributed by atoms with E-state index in [9.17, 15) is 4.79 Å². The van der Waals surface area contributed by atoms with Crippen LogP contribution in [-0.4, -0.2) is 5.78 Å². The average Bonchev–Trinajstić information content (AvgIpc) is 2.26. The van der Waals surface area contributed by atoms with Gasteiger partial charge in [-0.15, -0.1) is 0 Å². The Balaban J connectivity index is 2.43. The van der Waals surface area contributed by atoms with E-state index in [1.165, 1.54) is 5.56 Å². The Morgan fingerprint density at radius 1 is 1.29 bits per heavy atom. The molecule has 76 valence electrons. The summed E-state index contributed by atoms with van der Waals surface area (Å²) in [6, 6.07) is 10.4. The molecule has 1 heteroatoms. The molecule has 1 atom stereocenters. The van der Waals surface area contributed by atoms with Crippen LogP contribution in [0.3, 0.4) is 0 Å². The Kier molecular flexibility index (Phi) is 4.37. The molecule has 0 amide bonds. The normalized spacial score (nSPS) is 12.4. The van der Waals surface area contributed by atoms with Gasteiger partial charge in [0.05, 0.1) is 0 Å². The fourth-order valence-corrected chi connectivity index (χ4v) is 1.50. The summed E-state index contributed by atoms with van der Waals surface area (Å²) in [4.78, 5) is 11.1. The van der Waals surface area contributed by atoms with Crippen molar-refractivity contribution in [2.24, 2.45) is 0 Å². The van der Waals surface area contributed by atoms with E-state index in [1.54, 1.807) is 0 Å². The number of Topliss-reactive ketones (excluding diaryl/α,β-unsaturated/α-hetero) is 1. The summed E-state index contributed by atoms with van der Waals surface area (Å²) in [5.74, 6) is 0.861. The van der Waals surface area contributed by atoms with Crippen LogP contribution in [0, 0.1) is 0 Å². The summed E-state index contributed by atoms with van der Waals surface area (Å²) in [6.07, 6.45) is 2.35. The van der Waals surface area contributed by atoms with Crippen LogP contribution in [0.5, 0.6) is 0 Å². The standard InChI is InChI=1S/C13H18O/c1-3-13(14)10-9-11(2)12-7-5-4-6-8-12/h4-8,11H,3,9-10H2,1-2H3. The minimum atomic E-state index is 0.368. The second kappa shape index (κ2) is 5.58. The van der Waals surface area contributed by atoms with E-state index >= 15 is 0 Å². The largest absolute Gasteiger partial charge is 0.300 e. The third kappa shape index (κ3) is 3.33. The Morgan fingerprint density at radius 3 is 2.50 bits per heavy atom. The number of rotatable bonds is 5. The predicted octanol–water partition coefficient (Wildman–Crippen LogP) is 3.55. The number of hydrogen-bond acceptors (Lipinski definition) is 1. The zero-order valence-electron chi connectivity index (χ0n) is 8.99. The molecule has 14 heavy (non-hydrogen) atoms. The summed E-state index contributed by atoms with van der Waals surface area (Å²) < 4.78 is 0. The summed E-state index contributed by atoms with van der Waals surface area (Å²) in [6.45, 7) is 4.10. The predicted molar refractivity (Wildman–Crippen MR) is 59.4 cm³/mol. The van der Waals surface area contributed by atoms with E-state index in [2.05, 4.69) is 19.1 Å². The van der Waals surface area contributed by atoms with E-state index in [0.29, 0.717) is 24.5 Å². The maximum Gasteiger partial charge on any atom is 0.132 e. The fourth-order valence-electron chi connectivity index (χ4n) is 1.50. The minimum absolute atomic E-state index is 0.368. The molecule has 0 saturated carbocycles. The van der Waals surface area contributed by atoms with Crippen LogP contribution in [0.4, 0.5) is 0 Å². The smallest absolute Gasteiger partial charge is 0.132 e. The van der Waals surface area contributed by atoms with Crippen molar-refractivity contribution in [1.82, 2.24) is 0 Å². The summed E-state index contributed by atoms with van der Waals surface area (Å²) >= 11 is 0. The van der Waals surface area contributed by atoms with Crippen molar-refractivity contribution in [2.75, 3.05) is 0 Å². The Bertz CT molecular complexity index is 277. The van der Waals surface area contributed by atoms with Crippen molar-refractivity contribution in [3.63, 3.8) is 0 Å². The molecule has 0 aliphatic carbocycles. The van der Waals surface area contributed by atoms with Gasteiger partial charge < -0.3 is 0 Å². The van der Waals surface area contributed by atoms with E-state index in [0.717, 1.165) is 6.42 Å². The molecule has 0 heterocycles. The third-order valence-corrected chi connectivity index (χ3v) is 2.62. The lowest BCUT2D eigenvalue weighted by Crippen LogP contribution is -1.99. The SMILES string of the molecule is CCC(=O)CCC(C)c1ccccc1. The van der Waals surface area contributed by atoms with Crippen LogP contribution in [0.15, 0.2) is 30.3 Å². The van der Waals surface area contributed by atoms with Gasteiger partial charge in [-0.1, -0.05) is 44.2 Å². The van der Waals surface area contributed by atoms with E-state index in [4.69, 9.17) is 0 Å². The highest BCUT2D eigenvalue weighted by molar-refractivity contribution is 5.78. The second-order valence-electron chi connectivity index (χ2n) is 3.74. The Labute approximate surface area is 86.1 Å². The highest BCUT2D eigenvalue weighted by Crippen LogP contribution is 2.20. The molecule has 0 saturated heterocycles. The van der Waals surface area contributed by atoms with Crippen molar-refractivity contribution in [1.29, 1.82) is 0 Å². The van der Waals surface area contributed by atoms with Gasteiger partial charge in [-0.05, 0) is 17.9 Å². The third-order valence-electron chi connectivity index (χ3n) is 2.62. The molecule has 1 rings (SSSR count). The zero-order valence-corrected chi connectivity index (χ0v) is 8.99. The molecule has 1 nitrogen and oxygen atoms in total. The lowest BCUT2D eigenvalue weighted by Gasteiger charge is -2.10. The maximum absolute atomic E-state index is 11.1. The van der Waals surface area contributed by atoms with Gasteiger partial charge in [-0.2, -0.15) is 0 Å². The number of ketones is 1. The molecular formula is C13H18O. The van der Waals surface area contributed by atoms with Gasteiger partial charge in [0.25, 0.3) is 0 Å². The van der Waals surface area contributed by atoms with Crippen molar-refractivity contribution >= 4 is 5.78 Å². The highest BCUT2D eigenvalue weighted by atomic mass is 16.1. The van der Waals surface area contributed by atoms with Crippen LogP contribution in [0.1, 0.15) is 44.6 Å². The van der Waals surface area contributed by atoms with Crippen LogP contribution >= 0.6 is 0 Å². The molecule has 1 aromatic rings. The Hall–Kier alpha value is -1.11. The second-order valence-corrected chi connectivity index (χ2v) is 3.74. The molecule has 1 aromatic carbocycles. The van der Waals surface area contributed by atoms with Crippen molar-refractivity contribution in [2.45, 2.75) is 39.0 Å². The minimum Gasteiger partial charge on any atom is -0.300 e. The first-order valence-electron chi connectivity index (χ1n) is 5.30. The van der Waals surface area contributed by atoms with Crippen LogP contribution in [0.2, 0.25) is 0 Å². The van der Waals surface area contributed by atoms with Crippen molar-refractivity contribution < 1.29 is 4.79 Å². The topological polar surface area (TPSA) is 17.1 Å². The Morgan fingerprint density at radius 2 is 1.93 bits per heavy atom. The summed E-state index contributed by atoms with van der Waals surface area (Å²) in [5.41, 5.74) is 1.33. The molecule has 0 radical (unpaired) electrons. The molecule has 1 unspecified atom stereocenters. The van der Waals surface area contributed by atoms with Gasteiger partial charge in [-0.25, -0.2) is 0 Å². The quantitative estimate of drug-likeness (QED) is 0.694. The number of carbonyl (C=O) groups excluding carboxylic acids is 1. The average molecular weight is 190 g/mol. The molecule has 0 spiro atoms. The van der Waals surface area contributed by atoms with Crippen LogP contribution in [0.25, 0.3) is 0 Å². The van der Waals surface area contributed by atoms with E-state index in [-0.39, 0.29) is 0 Å². The zero-order chi connectivity index (χ0) is 10.4. The molecule has 0 fully saturated rings. The maximum atomic E-state index is 11.1. The van der Waals surface area contributed by atoms with Gasteiger partial charge in [0, 0.05) is 12.8 Å². The molecule has 0 aliphatic heterocycles. The van der Waals surface area contributed by atoms with Crippen LogP contribution in [-0.2, 0) is 4.79 Å². The van der Waals surface area contributed by atoms with Gasteiger partial charge in [-0.3, -0.25) is 4.79 Å². The van der Waals surface area contributed by atoms with Crippen LogP contribution < -0.4 is 0 Å². The monoisotopic (exact) mass is 190 g/mol. The van der Waals surface area contributed by atoms with Gasteiger partial charge in [0.15, 0.2) is 0 Å². The number of benzene rings is 1. The molecule has 0 N–H and O–H groups in total. The van der Waals surface area contributed by atoms with Gasteiger partial charge >= 0.3 is 0 Å². The lowest BCUT2D eigenvalue weighted by atomic mass is 9.95. The first-order valence-corrected chi connectivity index (χ1v) is 5.30. The summed E-state index contributed by atoms with van der Waals surface area (Å²) in [7, 11) is 0. The summed E-state index contributed by atoms with van der Waals surface area (Å²) in [5, 5.41) is 0. The molecule has 0 bridgehead atoms. The molecule has 0 aliphatic rings. The first kappa shape index (κ1) is 11.0. The van der Waals surface area contributed by atoms with Gasteiger partial charge in [0.2, 0.25) is 0 Å². The van der Waals surface area contributed by atoms with E-state index in [1.807, 2.05) is 25.1 Å². The lowest BCUT2D eigenvalue weighted by molar-refractivity contribution is -0.118.